The first-order valence-electron chi connectivity index (χ1n) is 9.09. The molecule has 4 rings (SSSR count). The van der Waals surface area contributed by atoms with E-state index in [1.54, 1.807) is 18.2 Å². The highest BCUT2D eigenvalue weighted by atomic mass is 35.5. The number of nitrogens with zero attached hydrogens (tertiary/aromatic N) is 2. The van der Waals surface area contributed by atoms with Crippen LogP contribution in [0.5, 0.6) is 0 Å². The average molecular weight is 469 g/mol. The predicted molar refractivity (Wildman–Crippen MR) is 120 cm³/mol. The van der Waals surface area contributed by atoms with Crippen molar-refractivity contribution < 1.29 is 13.2 Å². The zero-order valence-electron chi connectivity index (χ0n) is 15.3. The molecule has 0 saturated carbocycles. The third kappa shape index (κ3) is 4.63. The van der Waals surface area contributed by atoms with Gasteiger partial charge < -0.3 is 4.90 Å². The SMILES string of the molecule is O=C(CCc1ccccc1)N=C1SC2CS(=O)(=O)CC2N1c1ccc(Cl)c(Cl)c1. The Morgan fingerprint density at radius 3 is 2.59 bits per heavy atom. The number of halogens is 2. The number of aryl methyl sites for hydroxylation is 1. The van der Waals surface area contributed by atoms with E-state index in [0.29, 0.717) is 27.3 Å². The molecule has 2 atom stereocenters. The Bertz CT molecular complexity index is 1070. The number of aliphatic imine (C=N–C) groups is 1. The summed E-state index contributed by atoms with van der Waals surface area (Å²) in [7, 11) is -3.12. The standard InChI is InChI=1S/C20H18Cl2N2O3S2/c21-15-8-7-14(10-16(15)22)24-17-11-29(26,27)12-18(17)28-20(24)23-19(25)9-6-13-4-2-1-3-5-13/h1-5,7-8,10,17-18H,6,9,11-12H2. The number of benzene rings is 2. The van der Waals surface area contributed by atoms with E-state index in [-0.39, 0.29) is 35.1 Å². The summed E-state index contributed by atoms with van der Waals surface area (Å²) >= 11 is 13.5. The second-order valence-electron chi connectivity index (χ2n) is 7.04. The molecule has 0 radical (unpaired) electrons. The number of amidine groups is 1. The quantitative estimate of drug-likeness (QED) is 0.671. The summed E-state index contributed by atoms with van der Waals surface area (Å²) in [4.78, 5) is 18.7. The smallest absolute Gasteiger partial charge is 0.248 e. The first-order chi connectivity index (χ1) is 13.8. The van der Waals surface area contributed by atoms with Crippen LogP contribution >= 0.6 is 35.0 Å². The van der Waals surface area contributed by atoms with E-state index < -0.39 is 9.84 Å². The maximum atomic E-state index is 12.5. The van der Waals surface area contributed by atoms with E-state index in [0.717, 1.165) is 5.56 Å². The molecular formula is C20H18Cl2N2O3S2. The maximum absolute atomic E-state index is 12.5. The van der Waals surface area contributed by atoms with Crippen molar-refractivity contribution in [1.29, 1.82) is 0 Å². The topological polar surface area (TPSA) is 66.8 Å². The van der Waals surface area contributed by atoms with Crippen LogP contribution in [-0.2, 0) is 21.1 Å². The van der Waals surface area contributed by atoms with E-state index >= 15 is 0 Å². The van der Waals surface area contributed by atoms with Crippen LogP contribution in [0.25, 0.3) is 0 Å². The molecule has 9 heteroatoms. The number of carbonyl (C=O) groups is 1. The molecule has 5 nitrogen and oxygen atoms in total. The highest BCUT2D eigenvalue weighted by molar-refractivity contribution is 8.16. The molecular weight excluding hydrogens is 451 g/mol. The minimum absolute atomic E-state index is 0.0299. The summed E-state index contributed by atoms with van der Waals surface area (Å²) in [5, 5.41) is 1.14. The largest absolute Gasteiger partial charge is 0.316 e. The van der Waals surface area contributed by atoms with Gasteiger partial charge in [-0.05, 0) is 30.2 Å². The van der Waals surface area contributed by atoms with Crippen molar-refractivity contribution in [2.75, 3.05) is 16.4 Å². The number of thioether (sulfide) groups is 1. The van der Waals surface area contributed by atoms with E-state index in [2.05, 4.69) is 4.99 Å². The highest BCUT2D eigenvalue weighted by Gasteiger charge is 2.49. The molecule has 2 fully saturated rings. The molecule has 2 saturated heterocycles. The van der Waals surface area contributed by atoms with Crippen LogP contribution in [0, 0.1) is 0 Å². The van der Waals surface area contributed by atoms with Gasteiger partial charge >= 0.3 is 0 Å². The van der Waals surface area contributed by atoms with Gasteiger partial charge in [0.25, 0.3) is 0 Å². The average Bonchev–Trinajstić information content (AvgIpc) is 3.14. The molecule has 2 aliphatic rings. The Kier molecular flexibility index (Phi) is 5.93. The van der Waals surface area contributed by atoms with Crippen molar-refractivity contribution in [3.8, 4) is 0 Å². The molecule has 0 aromatic heterocycles. The normalized spacial score (nSPS) is 24.1. The monoisotopic (exact) mass is 468 g/mol. The van der Waals surface area contributed by atoms with Crippen LogP contribution in [0.3, 0.4) is 0 Å². The molecule has 2 aromatic rings. The molecule has 2 aromatic carbocycles. The molecule has 152 valence electrons. The van der Waals surface area contributed by atoms with E-state index in [4.69, 9.17) is 23.2 Å². The first-order valence-corrected chi connectivity index (χ1v) is 12.5. The van der Waals surface area contributed by atoms with Gasteiger partial charge in [0.15, 0.2) is 15.0 Å². The van der Waals surface area contributed by atoms with Gasteiger partial charge in [0, 0.05) is 17.4 Å². The highest BCUT2D eigenvalue weighted by Crippen LogP contribution is 2.42. The zero-order chi connectivity index (χ0) is 20.6. The lowest BCUT2D eigenvalue weighted by molar-refractivity contribution is -0.117. The van der Waals surface area contributed by atoms with Crippen LogP contribution < -0.4 is 4.90 Å². The van der Waals surface area contributed by atoms with Gasteiger partial charge in [-0.15, -0.1) is 0 Å². The molecule has 29 heavy (non-hydrogen) atoms. The number of rotatable bonds is 4. The fourth-order valence-corrected chi connectivity index (χ4v) is 7.78. The number of fused-ring (bicyclic) bond motifs is 1. The molecule has 1 amide bonds. The van der Waals surface area contributed by atoms with Crippen molar-refractivity contribution >= 4 is 61.6 Å². The molecule has 0 aliphatic carbocycles. The van der Waals surface area contributed by atoms with Crippen molar-refractivity contribution in [1.82, 2.24) is 0 Å². The molecule has 0 spiro atoms. The van der Waals surface area contributed by atoms with Crippen LogP contribution in [-0.4, -0.2) is 42.3 Å². The fourth-order valence-electron chi connectivity index (χ4n) is 3.56. The van der Waals surface area contributed by atoms with Crippen molar-refractivity contribution in [2.45, 2.75) is 24.1 Å². The van der Waals surface area contributed by atoms with E-state index in [9.17, 15) is 13.2 Å². The van der Waals surface area contributed by atoms with Gasteiger partial charge in [-0.1, -0.05) is 65.3 Å². The lowest BCUT2D eigenvalue weighted by Crippen LogP contribution is -2.37. The molecule has 2 aliphatic heterocycles. The molecule has 2 heterocycles. The third-order valence-electron chi connectivity index (χ3n) is 4.94. The van der Waals surface area contributed by atoms with Gasteiger partial charge in [0.05, 0.1) is 27.6 Å². The van der Waals surface area contributed by atoms with Gasteiger partial charge in [-0.25, -0.2) is 8.42 Å². The third-order valence-corrected chi connectivity index (χ3v) is 8.89. The number of hydrogen-bond acceptors (Lipinski definition) is 4. The summed E-state index contributed by atoms with van der Waals surface area (Å²) < 4.78 is 24.3. The molecule has 0 bridgehead atoms. The van der Waals surface area contributed by atoms with Gasteiger partial charge in [0.2, 0.25) is 5.91 Å². The van der Waals surface area contributed by atoms with Crippen LogP contribution in [0.1, 0.15) is 12.0 Å². The maximum Gasteiger partial charge on any atom is 0.248 e. The summed E-state index contributed by atoms with van der Waals surface area (Å²) in [6.07, 6.45) is 0.895. The number of carbonyl (C=O) groups excluding carboxylic acids is 1. The Balaban J connectivity index is 1.59. The Labute approximate surface area is 184 Å². The van der Waals surface area contributed by atoms with Crippen molar-refractivity contribution in [3.05, 3.63) is 64.1 Å². The Morgan fingerprint density at radius 1 is 1.10 bits per heavy atom. The Morgan fingerprint density at radius 2 is 1.86 bits per heavy atom. The van der Waals surface area contributed by atoms with Crippen LogP contribution in [0.15, 0.2) is 53.5 Å². The lowest BCUT2D eigenvalue weighted by atomic mass is 10.1. The van der Waals surface area contributed by atoms with Crippen LogP contribution in [0.2, 0.25) is 10.0 Å². The van der Waals surface area contributed by atoms with Gasteiger partial charge in [0.1, 0.15) is 0 Å². The van der Waals surface area contributed by atoms with Crippen LogP contribution in [0.4, 0.5) is 5.69 Å². The number of anilines is 1. The molecule has 2 unspecified atom stereocenters. The van der Waals surface area contributed by atoms with E-state index in [1.165, 1.54) is 11.8 Å². The Hall–Kier alpha value is -1.54. The van der Waals surface area contributed by atoms with E-state index in [1.807, 2.05) is 35.2 Å². The van der Waals surface area contributed by atoms with Gasteiger partial charge in [-0.3, -0.25) is 4.79 Å². The summed E-state index contributed by atoms with van der Waals surface area (Å²) in [6.45, 7) is 0. The minimum atomic E-state index is -3.12. The number of hydrogen-bond donors (Lipinski definition) is 0. The van der Waals surface area contributed by atoms with Crippen molar-refractivity contribution in [3.63, 3.8) is 0 Å². The second-order valence-corrected chi connectivity index (χ2v) is 11.2. The minimum Gasteiger partial charge on any atom is -0.316 e. The fraction of sp³-hybridized carbons (Fsp3) is 0.300. The summed E-state index contributed by atoms with van der Waals surface area (Å²) in [6, 6.07) is 14.6. The van der Waals surface area contributed by atoms with Crippen molar-refractivity contribution in [2.24, 2.45) is 4.99 Å². The zero-order valence-corrected chi connectivity index (χ0v) is 18.4. The number of sulfone groups is 1. The second kappa shape index (κ2) is 8.30. The summed E-state index contributed by atoms with van der Waals surface area (Å²) in [5.74, 6) is -0.122. The number of amides is 1. The first kappa shape index (κ1) is 20.7. The van der Waals surface area contributed by atoms with Gasteiger partial charge in [-0.2, -0.15) is 4.99 Å². The predicted octanol–water partition coefficient (Wildman–Crippen LogP) is 4.23. The lowest BCUT2D eigenvalue weighted by Gasteiger charge is -2.24. The molecule has 0 N–H and O–H groups in total. The summed E-state index contributed by atoms with van der Waals surface area (Å²) in [5.41, 5.74) is 1.76.